The summed E-state index contributed by atoms with van der Waals surface area (Å²) in [5.74, 6) is -0.968. The van der Waals surface area contributed by atoms with Crippen LogP contribution in [0, 0.1) is 0 Å². The summed E-state index contributed by atoms with van der Waals surface area (Å²) in [5, 5.41) is 12.0. The SMILES string of the molecule is CN(C)C1(c2ccccc2)CCC2(CC1)CN(CC(=O)O)C(=O)N2. The van der Waals surface area contributed by atoms with E-state index >= 15 is 0 Å². The van der Waals surface area contributed by atoms with Crippen molar-refractivity contribution in [3.63, 3.8) is 0 Å². The van der Waals surface area contributed by atoms with Crippen molar-refractivity contribution in [3.05, 3.63) is 35.9 Å². The predicted molar refractivity (Wildman–Crippen MR) is 90.7 cm³/mol. The maximum absolute atomic E-state index is 12.1. The van der Waals surface area contributed by atoms with E-state index in [0.717, 1.165) is 25.7 Å². The molecule has 3 rings (SSSR count). The third-order valence-corrected chi connectivity index (χ3v) is 5.68. The van der Waals surface area contributed by atoms with Crippen LogP contribution in [0.25, 0.3) is 0 Å². The average Bonchev–Trinajstić information content (AvgIpc) is 2.84. The van der Waals surface area contributed by atoms with Crippen LogP contribution >= 0.6 is 0 Å². The van der Waals surface area contributed by atoms with Crippen molar-refractivity contribution in [2.75, 3.05) is 27.2 Å². The zero-order valence-corrected chi connectivity index (χ0v) is 14.3. The zero-order valence-electron chi connectivity index (χ0n) is 14.3. The minimum absolute atomic E-state index is 0.0303. The topological polar surface area (TPSA) is 72.9 Å². The van der Waals surface area contributed by atoms with Gasteiger partial charge in [0.2, 0.25) is 0 Å². The molecule has 1 heterocycles. The number of carbonyl (C=O) groups excluding carboxylic acids is 1. The van der Waals surface area contributed by atoms with Gasteiger partial charge in [0.15, 0.2) is 0 Å². The Morgan fingerprint density at radius 3 is 2.38 bits per heavy atom. The van der Waals surface area contributed by atoms with Gasteiger partial charge in [0.05, 0.1) is 5.54 Å². The highest BCUT2D eigenvalue weighted by molar-refractivity contribution is 5.82. The standard InChI is InChI=1S/C18H25N3O3/c1-20(2)18(14-6-4-3-5-7-14)10-8-17(9-11-18)13-21(12-15(22)23)16(24)19-17/h3-7H,8-13H2,1-2H3,(H,19,24)(H,22,23). The number of nitrogens with zero attached hydrogens (tertiary/aromatic N) is 2. The van der Waals surface area contributed by atoms with Crippen LogP contribution in [0.2, 0.25) is 0 Å². The van der Waals surface area contributed by atoms with Gasteiger partial charge in [0.25, 0.3) is 0 Å². The summed E-state index contributed by atoms with van der Waals surface area (Å²) >= 11 is 0. The van der Waals surface area contributed by atoms with E-state index in [0.29, 0.717) is 6.54 Å². The van der Waals surface area contributed by atoms with Crippen LogP contribution in [0.15, 0.2) is 30.3 Å². The summed E-state index contributed by atoms with van der Waals surface area (Å²) in [5.41, 5.74) is 0.981. The van der Waals surface area contributed by atoms with Crippen LogP contribution in [0.5, 0.6) is 0 Å². The van der Waals surface area contributed by atoms with Gasteiger partial charge in [-0.05, 0) is 45.3 Å². The van der Waals surface area contributed by atoms with Gasteiger partial charge >= 0.3 is 12.0 Å². The normalized spacial score (nSPS) is 30.0. The first-order chi connectivity index (χ1) is 11.4. The first kappa shape index (κ1) is 16.8. The van der Waals surface area contributed by atoms with E-state index in [1.807, 2.05) is 6.07 Å². The lowest BCUT2D eigenvalue weighted by atomic mass is 9.69. The molecule has 0 radical (unpaired) electrons. The molecule has 2 fully saturated rings. The van der Waals surface area contributed by atoms with Gasteiger partial charge in [0.1, 0.15) is 6.54 Å². The fraction of sp³-hybridized carbons (Fsp3) is 0.556. The molecule has 2 N–H and O–H groups in total. The minimum atomic E-state index is -0.968. The molecule has 1 aliphatic carbocycles. The van der Waals surface area contributed by atoms with E-state index in [9.17, 15) is 9.59 Å². The molecule has 1 saturated carbocycles. The van der Waals surface area contributed by atoms with Crippen molar-refractivity contribution >= 4 is 12.0 Å². The van der Waals surface area contributed by atoms with Crippen LogP contribution in [0.3, 0.4) is 0 Å². The number of nitrogens with one attached hydrogen (secondary N) is 1. The molecule has 1 saturated heterocycles. The minimum Gasteiger partial charge on any atom is -0.480 e. The van der Waals surface area contributed by atoms with E-state index in [1.54, 1.807) is 0 Å². The second-order valence-corrected chi connectivity index (χ2v) is 7.25. The second-order valence-electron chi connectivity index (χ2n) is 7.25. The van der Waals surface area contributed by atoms with E-state index in [2.05, 4.69) is 48.6 Å². The first-order valence-electron chi connectivity index (χ1n) is 8.39. The highest BCUT2D eigenvalue weighted by Gasteiger charge is 2.50. The summed E-state index contributed by atoms with van der Waals surface area (Å²) in [6.45, 7) is 0.252. The molecule has 1 aliphatic heterocycles. The molecule has 0 aromatic heterocycles. The Morgan fingerprint density at radius 1 is 1.21 bits per heavy atom. The highest BCUT2D eigenvalue weighted by Crippen LogP contribution is 2.45. The summed E-state index contributed by atoms with van der Waals surface area (Å²) in [6.07, 6.45) is 3.57. The van der Waals surface area contributed by atoms with Crippen molar-refractivity contribution in [1.82, 2.24) is 15.1 Å². The number of carboxylic acid groups (broad SMARTS) is 1. The van der Waals surface area contributed by atoms with Gasteiger partial charge in [-0.3, -0.25) is 9.69 Å². The molecule has 1 aromatic rings. The third-order valence-electron chi connectivity index (χ3n) is 5.68. The largest absolute Gasteiger partial charge is 0.480 e. The Morgan fingerprint density at radius 2 is 1.83 bits per heavy atom. The Hall–Kier alpha value is -2.08. The molecule has 0 atom stereocenters. The van der Waals surface area contributed by atoms with Crippen LogP contribution < -0.4 is 5.32 Å². The second kappa shape index (κ2) is 6.09. The molecule has 0 bridgehead atoms. The number of hydrogen-bond donors (Lipinski definition) is 2. The van der Waals surface area contributed by atoms with Gasteiger partial charge in [-0.1, -0.05) is 30.3 Å². The number of carboxylic acids is 1. The summed E-state index contributed by atoms with van der Waals surface area (Å²) in [6, 6.07) is 10.2. The number of urea groups is 1. The van der Waals surface area contributed by atoms with Crippen molar-refractivity contribution in [1.29, 1.82) is 0 Å². The van der Waals surface area contributed by atoms with Crippen LogP contribution in [0.1, 0.15) is 31.2 Å². The number of carbonyl (C=O) groups is 2. The fourth-order valence-electron chi connectivity index (χ4n) is 4.24. The highest BCUT2D eigenvalue weighted by atomic mass is 16.4. The summed E-state index contributed by atoms with van der Waals surface area (Å²) in [4.78, 5) is 26.7. The number of rotatable bonds is 4. The van der Waals surface area contributed by atoms with Crippen LogP contribution in [-0.4, -0.2) is 59.6 Å². The van der Waals surface area contributed by atoms with E-state index < -0.39 is 5.97 Å². The van der Waals surface area contributed by atoms with Gasteiger partial charge in [0, 0.05) is 12.1 Å². The molecule has 24 heavy (non-hydrogen) atoms. The molecule has 6 nitrogen and oxygen atoms in total. The predicted octanol–water partition coefficient (Wildman–Crippen LogP) is 1.87. The third kappa shape index (κ3) is 2.86. The van der Waals surface area contributed by atoms with E-state index in [4.69, 9.17) is 5.11 Å². The van der Waals surface area contributed by atoms with Crippen LogP contribution in [-0.2, 0) is 10.3 Å². The van der Waals surface area contributed by atoms with Gasteiger partial charge in [-0.2, -0.15) is 0 Å². The maximum atomic E-state index is 12.1. The van der Waals surface area contributed by atoms with Crippen molar-refractivity contribution in [2.45, 2.75) is 36.8 Å². The van der Waals surface area contributed by atoms with Crippen molar-refractivity contribution in [2.24, 2.45) is 0 Å². The summed E-state index contributed by atoms with van der Waals surface area (Å²) in [7, 11) is 4.21. The lowest BCUT2D eigenvalue weighted by Crippen LogP contribution is -2.54. The number of hydrogen-bond acceptors (Lipinski definition) is 3. The Balaban J connectivity index is 1.77. The lowest BCUT2D eigenvalue weighted by molar-refractivity contribution is -0.137. The summed E-state index contributed by atoms with van der Waals surface area (Å²) < 4.78 is 0. The van der Waals surface area contributed by atoms with Crippen molar-refractivity contribution in [3.8, 4) is 0 Å². The van der Waals surface area contributed by atoms with Gasteiger partial charge < -0.3 is 15.3 Å². The Bertz CT molecular complexity index is 622. The fourth-order valence-corrected chi connectivity index (χ4v) is 4.24. The lowest BCUT2D eigenvalue weighted by Gasteiger charge is -2.48. The Kier molecular flexibility index (Phi) is 4.25. The molecule has 2 amide bonds. The van der Waals surface area contributed by atoms with Gasteiger partial charge in [-0.15, -0.1) is 0 Å². The Labute approximate surface area is 142 Å². The molecule has 130 valence electrons. The molecule has 2 aliphatic rings. The van der Waals surface area contributed by atoms with Crippen LogP contribution in [0.4, 0.5) is 4.79 Å². The monoisotopic (exact) mass is 331 g/mol. The number of benzene rings is 1. The zero-order chi connectivity index (χ0) is 17.4. The molecule has 0 unspecified atom stereocenters. The van der Waals surface area contributed by atoms with E-state index in [1.165, 1.54) is 10.5 Å². The smallest absolute Gasteiger partial charge is 0.323 e. The first-order valence-corrected chi connectivity index (χ1v) is 8.39. The molecular weight excluding hydrogens is 306 g/mol. The average molecular weight is 331 g/mol. The molecule has 1 spiro atoms. The number of amides is 2. The number of aliphatic carboxylic acids is 1. The molecule has 1 aromatic carbocycles. The molecule has 6 heteroatoms. The van der Waals surface area contributed by atoms with Gasteiger partial charge in [-0.25, -0.2) is 4.79 Å². The van der Waals surface area contributed by atoms with E-state index in [-0.39, 0.29) is 23.7 Å². The maximum Gasteiger partial charge on any atom is 0.323 e. The quantitative estimate of drug-likeness (QED) is 0.883. The van der Waals surface area contributed by atoms with Crippen molar-refractivity contribution < 1.29 is 14.7 Å². The molecular formula is C18H25N3O3.